The molecule has 5 heteroatoms. The Kier molecular flexibility index (Phi) is 6.30. The van der Waals surface area contributed by atoms with Crippen LogP contribution in [0.25, 0.3) is 11.6 Å². The number of amides is 1. The Bertz CT molecular complexity index is 826. The summed E-state index contributed by atoms with van der Waals surface area (Å²) in [5, 5.41) is 3.46. The highest BCUT2D eigenvalue weighted by Crippen LogP contribution is 2.32. The van der Waals surface area contributed by atoms with Crippen molar-refractivity contribution in [1.82, 2.24) is 5.32 Å². The molecule has 0 aromatic heterocycles. The monoisotopic (exact) mass is 383 g/mol. The van der Waals surface area contributed by atoms with Crippen LogP contribution in [0.5, 0.6) is 0 Å². The molecule has 0 bridgehead atoms. The van der Waals surface area contributed by atoms with Gasteiger partial charge in [0.15, 0.2) is 6.61 Å². The standard InChI is InChI=1S/C22H22ClNO3/c1-15(17-7-8-17)24-21(25)14-27-22(26)20(13-16-5-3-2-4-6-16)18-9-11-19(23)12-10-18/h2-6,9-13,15,17H,7-8,14H2,1H3,(H,24,25)/b20-13+/t15-/m1/s1. The number of carbonyl (C=O) groups is 2. The number of hydrogen-bond acceptors (Lipinski definition) is 3. The average Bonchev–Trinajstić information content (AvgIpc) is 3.51. The number of hydrogen-bond donors (Lipinski definition) is 1. The largest absolute Gasteiger partial charge is 0.452 e. The first kappa shape index (κ1) is 19.2. The SMILES string of the molecule is C[C@@H](NC(=O)COC(=O)/C(=C/c1ccccc1)c1ccc(Cl)cc1)C1CC1. The smallest absolute Gasteiger partial charge is 0.339 e. The van der Waals surface area contributed by atoms with Crippen LogP contribution in [0.2, 0.25) is 5.02 Å². The van der Waals surface area contributed by atoms with E-state index in [4.69, 9.17) is 16.3 Å². The van der Waals surface area contributed by atoms with E-state index in [0.717, 1.165) is 18.4 Å². The maximum atomic E-state index is 12.7. The molecule has 1 aliphatic carbocycles. The molecule has 0 aliphatic heterocycles. The lowest BCUT2D eigenvalue weighted by Crippen LogP contribution is -2.37. The van der Waals surface area contributed by atoms with E-state index in [0.29, 0.717) is 22.1 Å². The van der Waals surface area contributed by atoms with E-state index in [1.807, 2.05) is 37.3 Å². The molecule has 1 fully saturated rings. The van der Waals surface area contributed by atoms with Crippen molar-refractivity contribution < 1.29 is 14.3 Å². The molecule has 1 aliphatic rings. The Morgan fingerprint density at radius 2 is 1.81 bits per heavy atom. The van der Waals surface area contributed by atoms with Crippen molar-refractivity contribution in [1.29, 1.82) is 0 Å². The van der Waals surface area contributed by atoms with E-state index in [1.165, 1.54) is 0 Å². The molecule has 1 N–H and O–H groups in total. The molecule has 0 spiro atoms. The van der Waals surface area contributed by atoms with Gasteiger partial charge < -0.3 is 10.1 Å². The minimum atomic E-state index is -0.546. The molecular formula is C22H22ClNO3. The molecule has 1 saturated carbocycles. The fourth-order valence-corrected chi connectivity index (χ4v) is 2.95. The van der Waals surface area contributed by atoms with Crippen LogP contribution in [0.1, 0.15) is 30.9 Å². The van der Waals surface area contributed by atoms with Gasteiger partial charge in [0, 0.05) is 11.1 Å². The molecule has 140 valence electrons. The van der Waals surface area contributed by atoms with E-state index in [1.54, 1.807) is 30.3 Å². The molecule has 1 atom stereocenters. The first-order valence-electron chi connectivity index (χ1n) is 9.02. The van der Waals surface area contributed by atoms with Crippen LogP contribution in [0, 0.1) is 5.92 Å². The van der Waals surface area contributed by atoms with Gasteiger partial charge in [0.05, 0.1) is 5.57 Å². The number of ether oxygens (including phenoxy) is 1. The first-order valence-corrected chi connectivity index (χ1v) is 9.40. The van der Waals surface area contributed by atoms with E-state index in [2.05, 4.69) is 5.32 Å². The molecule has 0 saturated heterocycles. The topological polar surface area (TPSA) is 55.4 Å². The second-order valence-corrected chi connectivity index (χ2v) is 7.18. The van der Waals surface area contributed by atoms with Crippen molar-refractivity contribution in [3.63, 3.8) is 0 Å². The molecule has 4 nitrogen and oxygen atoms in total. The van der Waals surface area contributed by atoms with Gasteiger partial charge in [-0.3, -0.25) is 4.79 Å². The van der Waals surface area contributed by atoms with Crippen molar-refractivity contribution in [3.8, 4) is 0 Å². The number of carbonyl (C=O) groups excluding carboxylic acids is 2. The summed E-state index contributed by atoms with van der Waals surface area (Å²) in [6.45, 7) is 1.68. The Hall–Kier alpha value is -2.59. The van der Waals surface area contributed by atoms with Gasteiger partial charge in [-0.15, -0.1) is 0 Å². The van der Waals surface area contributed by atoms with Gasteiger partial charge in [-0.05, 0) is 55.0 Å². The third-order valence-corrected chi connectivity index (χ3v) is 4.79. The molecule has 0 radical (unpaired) electrons. The zero-order valence-corrected chi connectivity index (χ0v) is 15.9. The molecule has 27 heavy (non-hydrogen) atoms. The van der Waals surface area contributed by atoms with Gasteiger partial charge >= 0.3 is 5.97 Å². The normalized spacial score (nSPS) is 15.1. The number of nitrogens with one attached hydrogen (secondary N) is 1. The summed E-state index contributed by atoms with van der Waals surface area (Å²) in [5.74, 6) is -0.277. The molecular weight excluding hydrogens is 362 g/mol. The molecule has 0 unspecified atom stereocenters. The van der Waals surface area contributed by atoms with Gasteiger partial charge in [-0.25, -0.2) is 4.79 Å². The van der Waals surface area contributed by atoms with Crippen LogP contribution < -0.4 is 5.32 Å². The molecule has 2 aromatic rings. The van der Waals surface area contributed by atoms with E-state index < -0.39 is 5.97 Å². The van der Waals surface area contributed by atoms with Gasteiger partial charge in [-0.2, -0.15) is 0 Å². The highest BCUT2D eigenvalue weighted by Gasteiger charge is 2.29. The molecule has 3 rings (SSSR count). The van der Waals surface area contributed by atoms with Gasteiger partial charge in [0.1, 0.15) is 0 Å². The molecule has 1 amide bonds. The number of esters is 1. The lowest BCUT2D eigenvalue weighted by Gasteiger charge is -2.13. The maximum absolute atomic E-state index is 12.7. The highest BCUT2D eigenvalue weighted by atomic mass is 35.5. The summed E-state index contributed by atoms with van der Waals surface area (Å²) in [6.07, 6.45) is 4.03. The third-order valence-electron chi connectivity index (χ3n) is 4.54. The third kappa shape index (κ3) is 5.69. The second kappa shape index (κ2) is 8.87. The summed E-state index contributed by atoms with van der Waals surface area (Å²) in [7, 11) is 0. The van der Waals surface area contributed by atoms with Crippen LogP contribution in [0.3, 0.4) is 0 Å². The summed E-state index contributed by atoms with van der Waals surface area (Å²) in [5.41, 5.74) is 1.92. The Morgan fingerprint density at radius 1 is 1.15 bits per heavy atom. The van der Waals surface area contributed by atoms with Gasteiger partial charge in [0.25, 0.3) is 5.91 Å². The summed E-state index contributed by atoms with van der Waals surface area (Å²) in [4.78, 5) is 24.7. The summed E-state index contributed by atoms with van der Waals surface area (Å²) >= 11 is 5.95. The fraction of sp³-hybridized carbons (Fsp3) is 0.273. The first-order chi connectivity index (χ1) is 13.0. The quantitative estimate of drug-likeness (QED) is 0.439. The van der Waals surface area contributed by atoms with Crippen LogP contribution in [0.4, 0.5) is 0 Å². The van der Waals surface area contributed by atoms with Crippen molar-refractivity contribution in [2.75, 3.05) is 6.61 Å². The van der Waals surface area contributed by atoms with E-state index >= 15 is 0 Å². The highest BCUT2D eigenvalue weighted by molar-refractivity contribution is 6.30. The van der Waals surface area contributed by atoms with E-state index in [9.17, 15) is 9.59 Å². The number of halogens is 1. The fourth-order valence-electron chi connectivity index (χ4n) is 2.82. The van der Waals surface area contributed by atoms with Gasteiger partial charge in [0.2, 0.25) is 0 Å². The molecule has 2 aromatic carbocycles. The van der Waals surface area contributed by atoms with Gasteiger partial charge in [-0.1, -0.05) is 54.1 Å². The lowest BCUT2D eigenvalue weighted by molar-refractivity contribution is -0.143. The predicted octanol–water partition coefficient (Wildman–Crippen LogP) is 4.34. The lowest BCUT2D eigenvalue weighted by atomic mass is 10.0. The minimum Gasteiger partial charge on any atom is -0.452 e. The summed E-state index contributed by atoms with van der Waals surface area (Å²) in [6, 6.07) is 16.5. The van der Waals surface area contributed by atoms with Crippen molar-refractivity contribution >= 4 is 35.1 Å². The van der Waals surface area contributed by atoms with Crippen LogP contribution in [-0.4, -0.2) is 24.5 Å². The average molecular weight is 384 g/mol. The zero-order valence-electron chi connectivity index (χ0n) is 15.2. The van der Waals surface area contributed by atoms with Crippen molar-refractivity contribution in [3.05, 3.63) is 70.7 Å². The number of rotatable bonds is 7. The van der Waals surface area contributed by atoms with Crippen LogP contribution in [-0.2, 0) is 14.3 Å². The molecule has 0 heterocycles. The predicted molar refractivity (Wildman–Crippen MR) is 107 cm³/mol. The van der Waals surface area contributed by atoms with Crippen molar-refractivity contribution in [2.45, 2.75) is 25.8 Å². The minimum absolute atomic E-state index is 0.117. The zero-order chi connectivity index (χ0) is 19.2. The maximum Gasteiger partial charge on any atom is 0.339 e. The second-order valence-electron chi connectivity index (χ2n) is 6.75. The van der Waals surface area contributed by atoms with Crippen molar-refractivity contribution in [2.24, 2.45) is 5.92 Å². The van der Waals surface area contributed by atoms with Crippen LogP contribution in [0.15, 0.2) is 54.6 Å². The Morgan fingerprint density at radius 3 is 2.44 bits per heavy atom. The summed E-state index contributed by atoms with van der Waals surface area (Å²) < 4.78 is 5.27. The van der Waals surface area contributed by atoms with Crippen LogP contribution >= 0.6 is 11.6 Å². The Balaban J connectivity index is 1.71. The van der Waals surface area contributed by atoms with E-state index in [-0.39, 0.29) is 18.6 Å². The Labute approximate surface area is 164 Å². The number of benzene rings is 2.